The van der Waals surface area contributed by atoms with Crippen LogP contribution in [-0.2, 0) is 0 Å². The number of hydrogen-bond donors (Lipinski definition) is 1. The fourth-order valence-corrected chi connectivity index (χ4v) is 2.00. The van der Waals surface area contributed by atoms with Gasteiger partial charge in [-0.1, -0.05) is 0 Å². The summed E-state index contributed by atoms with van der Waals surface area (Å²) < 4.78 is 0. The zero-order valence-electron chi connectivity index (χ0n) is 8.03. The van der Waals surface area contributed by atoms with Gasteiger partial charge in [0.05, 0.1) is 6.20 Å². The van der Waals surface area contributed by atoms with E-state index in [0.717, 1.165) is 16.4 Å². The lowest BCUT2D eigenvalue weighted by Gasteiger charge is -1.91. The number of thiazole rings is 1. The van der Waals surface area contributed by atoms with Gasteiger partial charge in [-0.3, -0.25) is 15.1 Å². The molecule has 3 heterocycles. The molecule has 7 heteroatoms. The fraction of sp³-hybridized carbons (Fsp3) is 0. The number of rotatable bonds is 2. The average Bonchev–Trinajstić information content (AvgIpc) is 3.01. The van der Waals surface area contributed by atoms with Crippen molar-refractivity contribution in [1.29, 1.82) is 0 Å². The Morgan fingerprint density at radius 1 is 1.12 bits per heavy atom. The Morgan fingerprint density at radius 3 is 2.88 bits per heavy atom. The normalized spacial score (nSPS) is 10.5. The molecule has 0 unspecified atom stereocenters. The monoisotopic (exact) mass is 230 g/mol. The van der Waals surface area contributed by atoms with Crippen molar-refractivity contribution in [2.75, 3.05) is 0 Å². The zero-order valence-corrected chi connectivity index (χ0v) is 8.85. The molecule has 0 radical (unpaired) electrons. The number of H-pyrrole nitrogens is 1. The van der Waals surface area contributed by atoms with Crippen molar-refractivity contribution < 1.29 is 0 Å². The Balaban J connectivity index is 2.00. The minimum Gasteiger partial charge on any atom is -0.261 e. The Morgan fingerprint density at radius 2 is 2.12 bits per heavy atom. The van der Waals surface area contributed by atoms with Crippen LogP contribution in [0.2, 0.25) is 0 Å². The standard InChI is InChI=1S/C9H6N6S/c1-2-11-6(3-10-1)7-4-16-9(14-7)8-12-5-13-15-8/h1-5H,(H,12,13,15). The number of aromatic amines is 1. The second-order valence-electron chi connectivity index (χ2n) is 2.96. The molecule has 0 aromatic carbocycles. The van der Waals surface area contributed by atoms with Crippen molar-refractivity contribution in [1.82, 2.24) is 30.1 Å². The molecule has 0 saturated heterocycles. The van der Waals surface area contributed by atoms with Crippen LogP contribution in [0.1, 0.15) is 0 Å². The molecule has 3 aromatic rings. The summed E-state index contributed by atoms with van der Waals surface area (Å²) in [6.45, 7) is 0. The Labute approximate surface area is 94.5 Å². The Hall–Kier alpha value is -2.15. The number of nitrogens with zero attached hydrogens (tertiary/aromatic N) is 5. The van der Waals surface area contributed by atoms with E-state index >= 15 is 0 Å². The summed E-state index contributed by atoms with van der Waals surface area (Å²) in [5.41, 5.74) is 1.55. The van der Waals surface area contributed by atoms with Crippen LogP contribution in [0.15, 0.2) is 30.3 Å². The fourth-order valence-electron chi connectivity index (χ4n) is 1.24. The highest BCUT2D eigenvalue weighted by atomic mass is 32.1. The van der Waals surface area contributed by atoms with Crippen LogP contribution in [0.3, 0.4) is 0 Å². The topological polar surface area (TPSA) is 80.2 Å². The molecule has 1 N–H and O–H groups in total. The highest BCUT2D eigenvalue weighted by Crippen LogP contribution is 2.24. The van der Waals surface area contributed by atoms with Crippen LogP contribution in [0.25, 0.3) is 22.2 Å². The van der Waals surface area contributed by atoms with Gasteiger partial charge in [-0.25, -0.2) is 9.97 Å². The van der Waals surface area contributed by atoms with Gasteiger partial charge in [0.15, 0.2) is 10.8 Å². The molecule has 0 fully saturated rings. The Kier molecular flexibility index (Phi) is 2.15. The van der Waals surface area contributed by atoms with Crippen molar-refractivity contribution in [3.05, 3.63) is 30.3 Å². The summed E-state index contributed by atoms with van der Waals surface area (Å²) in [4.78, 5) is 16.6. The van der Waals surface area contributed by atoms with Gasteiger partial charge >= 0.3 is 0 Å². The molecule has 16 heavy (non-hydrogen) atoms. The average molecular weight is 230 g/mol. The van der Waals surface area contributed by atoms with E-state index in [4.69, 9.17) is 0 Å². The second-order valence-corrected chi connectivity index (χ2v) is 3.82. The lowest BCUT2D eigenvalue weighted by Crippen LogP contribution is -1.85. The zero-order chi connectivity index (χ0) is 10.8. The summed E-state index contributed by atoms with van der Waals surface area (Å²) in [5, 5.41) is 9.26. The summed E-state index contributed by atoms with van der Waals surface area (Å²) in [7, 11) is 0. The third-order valence-electron chi connectivity index (χ3n) is 1.95. The van der Waals surface area contributed by atoms with Gasteiger partial charge in [0.1, 0.15) is 17.7 Å². The first kappa shape index (κ1) is 9.10. The van der Waals surface area contributed by atoms with E-state index in [1.165, 1.54) is 17.7 Å². The molecule has 3 rings (SSSR count). The molecule has 0 aliphatic rings. The van der Waals surface area contributed by atoms with Gasteiger partial charge < -0.3 is 0 Å². The van der Waals surface area contributed by atoms with E-state index in [0.29, 0.717) is 5.82 Å². The molecule has 0 aliphatic heterocycles. The number of hydrogen-bond acceptors (Lipinski definition) is 6. The summed E-state index contributed by atoms with van der Waals surface area (Å²) in [6.07, 6.45) is 6.41. The van der Waals surface area contributed by atoms with Crippen LogP contribution in [-0.4, -0.2) is 30.1 Å². The van der Waals surface area contributed by atoms with Gasteiger partial charge in [0, 0.05) is 17.8 Å². The maximum absolute atomic E-state index is 4.41. The predicted octanol–water partition coefficient (Wildman–Crippen LogP) is 1.39. The van der Waals surface area contributed by atoms with Crippen molar-refractivity contribution >= 4 is 11.3 Å². The minimum absolute atomic E-state index is 0.667. The number of nitrogens with one attached hydrogen (secondary N) is 1. The van der Waals surface area contributed by atoms with E-state index < -0.39 is 0 Å². The van der Waals surface area contributed by atoms with Gasteiger partial charge in [-0.2, -0.15) is 5.10 Å². The lowest BCUT2D eigenvalue weighted by molar-refractivity contribution is 1.09. The van der Waals surface area contributed by atoms with Gasteiger partial charge in [0.25, 0.3) is 0 Å². The van der Waals surface area contributed by atoms with Crippen molar-refractivity contribution in [3.63, 3.8) is 0 Å². The lowest BCUT2D eigenvalue weighted by atomic mass is 10.3. The molecular weight excluding hydrogens is 224 g/mol. The largest absolute Gasteiger partial charge is 0.261 e. The highest BCUT2D eigenvalue weighted by molar-refractivity contribution is 7.13. The van der Waals surface area contributed by atoms with Gasteiger partial charge in [-0.15, -0.1) is 11.3 Å². The maximum atomic E-state index is 4.41. The van der Waals surface area contributed by atoms with Crippen LogP contribution in [0, 0.1) is 0 Å². The molecule has 3 aromatic heterocycles. The van der Waals surface area contributed by atoms with Crippen LogP contribution in [0.5, 0.6) is 0 Å². The first-order valence-corrected chi connectivity index (χ1v) is 5.39. The van der Waals surface area contributed by atoms with E-state index in [-0.39, 0.29) is 0 Å². The first-order valence-electron chi connectivity index (χ1n) is 4.51. The van der Waals surface area contributed by atoms with Crippen molar-refractivity contribution in [3.8, 4) is 22.2 Å². The van der Waals surface area contributed by atoms with Crippen LogP contribution in [0.4, 0.5) is 0 Å². The molecule has 0 saturated carbocycles. The maximum Gasteiger partial charge on any atom is 0.184 e. The first-order chi connectivity index (χ1) is 7.93. The number of aromatic nitrogens is 6. The predicted molar refractivity (Wildman–Crippen MR) is 58.5 cm³/mol. The van der Waals surface area contributed by atoms with E-state index in [9.17, 15) is 0 Å². The van der Waals surface area contributed by atoms with E-state index in [2.05, 4.69) is 30.1 Å². The third-order valence-corrected chi connectivity index (χ3v) is 2.80. The quantitative estimate of drug-likeness (QED) is 0.719. The molecular formula is C9H6N6S. The molecule has 0 aliphatic carbocycles. The van der Waals surface area contributed by atoms with Gasteiger partial charge in [-0.05, 0) is 0 Å². The highest BCUT2D eigenvalue weighted by Gasteiger charge is 2.09. The van der Waals surface area contributed by atoms with Crippen LogP contribution < -0.4 is 0 Å². The molecule has 0 amide bonds. The van der Waals surface area contributed by atoms with E-state index in [1.807, 2.05) is 5.38 Å². The van der Waals surface area contributed by atoms with Crippen molar-refractivity contribution in [2.24, 2.45) is 0 Å². The summed E-state index contributed by atoms with van der Waals surface area (Å²) in [6, 6.07) is 0. The molecule has 78 valence electrons. The SMILES string of the molecule is c1cnc(-c2csc(-c3ncn[nH]3)n2)cn1. The molecule has 0 bridgehead atoms. The minimum atomic E-state index is 0.667. The smallest absolute Gasteiger partial charge is 0.184 e. The summed E-state index contributed by atoms with van der Waals surface area (Å²) in [5.74, 6) is 0.667. The van der Waals surface area contributed by atoms with Gasteiger partial charge in [0.2, 0.25) is 0 Å². The molecule has 0 atom stereocenters. The molecule has 6 nitrogen and oxygen atoms in total. The Bertz CT molecular complexity index is 573. The van der Waals surface area contributed by atoms with E-state index in [1.54, 1.807) is 18.6 Å². The second kappa shape index (κ2) is 3.78. The molecule has 0 spiro atoms. The third kappa shape index (κ3) is 1.57. The van der Waals surface area contributed by atoms with Crippen LogP contribution >= 0.6 is 11.3 Å². The summed E-state index contributed by atoms with van der Waals surface area (Å²) >= 11 is 1.49. The van der Waals surface area contributed by atoms with Crippen molar-refractivity contribution in [2.45, 2.75) is 0 Å².